The van der Waals surface area contributed by atoms with Gasteiger partial charge in [0.2, 0.25) is 0 Å². The molecule has 2 aromatic rings. The lowest BCUT2D eigenvalue weighted by Crippen LogP contribution is -2.29. The van der Waals surface area contributed by atoms with E-state index in [0.717, 1.165) is 0 Å². The molecule has 2 unspecified atom stereocenters. The van der Waals surface area contributed by atoms with Gasteiger partial charge >= 0.3 is 11.9 Å². The van der Waals surface area contributed by atoms with Gasteiger partial charge in [0, 0.05) is 19.4 Å². The lowest BCUT2D eigenvalue weighted by Gasteiger charge is -2.22. The van der Waals surface area contributed by atoms with Crippen molar-refractivity contribution < 1.29 is 29.3 Å². The van der Waals surface area contributed by atoms with E-state index in [1.165, 1.54) is 10.8 Å². The smallest absolute Gasteiger partial charge is 0.305 e. The van der Waals surface area contributed by atoms with Crippen LogP contribution < -0.4 is 5.73 Å². The maximum atomic E-state index is 11.7. The Balaban J connectivity index is 1.94. The number of nitrogen functional groups attached to an aromatic ring is 1. The van der Waals surface area contributed by atoms with Crippen LogP contribution in [-0.4, -0.2) is 56.1 Å². The Bertz CT molecular complexity index is 1000. The monoisotopic (exact) mass is 431 g/mol. The molecule has 4 N–H and O–H groups in total. The number of aliphatic hydroxyl groups is 1. The van der Waals surface area contributed by atoms with Crippen molar-refractivity contribution in [1.82, 2.24) is 14.6 Å². The number of esters is 1. The number of aliphatic hydroxyl groups excluding tert-OH is 1. The Morgan fingerprint density at radius 3 is 2.94 bits per heavy atom. The van der Waals surface area contributed by atoms with Gasteiger partial charge in [0.05, 0.1) is 18.2 Å². The standard InChI is InChI=1S/C20H25N5O6/c1-2-18(29)30-9-15-13(5-12(8-26)6-17(27)28)7-20(10-21,31-15)16-4-3-14-19(22)23-11-24-25(14)16/h3-4,11-13,15,26H,2,5-9H2,1H3,(H,27,28)(H2,22,23,24)/t12-,13?,15?,20-/m0/s1. The topological polar surface area (TPSA) is 173 Å². The minimum absolute atomic E-state index is 0.0770. The van der Waals surface area contributed by atoms with Crippen molar-refractivity contribution in [1.29, 1.82) is 5.26 Å². The summed E-state index contributed by atoms with van der Waals surface area (Å²) in [5.74, 6) is -2.03. The Kier molecular flexibility index (Phi) is 6.72. The number of aliphatic carboxylic acids is 1. The van der Waals surface area contributed by atoms with Gasteiger partial charge in [-0.15, -0.1) is 0 Å². The van der Waals surface area contributed by atoms with E-state index in [9.17, 15) is 20.0 Å². The van der Waals surface area contributed by atoms with Crippen LogP contribution in [0, 0.1) is 23.2 Å². The predicted molar refractivity (Wildman–Crippen MR) is 106 cm³/mol. The quantitative estimate of drug-likeness (QED) is 0.483. The molecule has 1 aliphatic rings. The number of ether oxygens (including phenoxy) is 2. The zero-order chi connectivity index (χ0) is 22.6. The summed E-state index contributed by atoms with van der Waals surface area (Å²) in [5.41, 5.74) is 5.46. The summed E-state index contributed by atoms with van der Waals surface area (Å²) in [6.45, 7) is 1.27. The molecule has 166 valence electrons. The maximum Gasteiger partial charge on any atom is 0.305 e. The first-order valence-electron chi connectivity index (χ1n) is 9.99. The van der Waals surface area contributed by atoms with Gasteiger partial charge < -0.3 is 25.4 Å². The van der Waals surface area contributed by atoms with Gasteiger partial charge in [0.1, 0.15) is 24.5 Å². The average molecular weight is 431 g/mol. The number of carbonyl (C=O) groups excluding carboxylic acids is 1. The average Bonchev–Trinajstić information content (AvgIpc) is 3.34. The van der Waals surface area contributed by atoms with E-state index in [1.807, 2.05) is 0 Å². The van der Waals surface area contributed by atoms with Crippen molar-refractivity contribution >= 4 is 23.3 Å². The molecule has 0 saturated carbocycles. The number of nitriles is 1. The predicted octanol–water partition coefficient (Wildman–Crippen LogP) is 0.862. The van der Waals surface area contributed by atoms with Gasteiger partial charge in [0.15, 0.2) is 11.4 Å². The summed E-state index contributed by atoms with van der Waals surface area (Å²) in [4.78, 5) is 26.8. The van der Waals surface area contributed by atoms with Gasteiger partial charge in [-0.3, -0.25) is 9.59 Å². The lowest BCUT2D eigenvalue weighted by atomic mass is 9.83. The molecule has 0 aromatic carbocycles. The minimum atomic E-state index is -1.41. The van der Waals surface area contributed by atoms with Gasteiger partial charge in [-0.2, -0.15) is 10.4 Å². The first kappa shape index (κ1) is 22.5. The fourth-order valence-corrected chi connectivity index (χ4v) is 4.04. The van der Waals surface area contributed by atoms with E-state index in [4.69, 9.17) is 20.3 Å². The number of carboxylic acid groups (broad SMARTS) is 1. The summed E-state index contributed by atoms with van der Waals surface area (Å²) in [5, 5.41) is 33.0. The van der Waals surface area contributed by atoms with Gasteiger partial charge in [0.25, 0.3) is 0 Å². The highest BCUT2D eigenvalue weighted by Gasteiger charge is 2.50. The first-order chi connectivity index (χ1) is 14.8. The molecule has 0 bridgehead atoms. The molecular formula is C20H25N5O6. The number of nitrogens with zero attached hydrogens (tertiary/aromatic N) is 4. The Labute approximate surface area is 178 Å². The Morgan fingerprint density at radius 2 is 2.29 bits per heavy atom. The van der Waals surface area contributed by atoms with E-state index in [1.54, 1.807) is 19.1 Å². The third-order valence-electron chi connectivity index (χ3n) is 5.56. The zero-order valence-corrected chi connectivity index (χ0v) is 17.1. The molecule has 11 nitrogen and oxygen atoms in total. The fraction of sp³-hybridized carbons (Fsp3) is 0.550. The van der Waals surface area contributed by atoms with Crippen LogP contribution in [0.15, 0.2) is 18.5 Å². The van der Waals surface area contributed by atoms with Crippen LogP contribution in [0.1, 0.15) is 38.3 Å². The van der Waals surface area contributed by atoms with Gasteiger partial charge in [-0.1, -0.05) is 6.92 Å². The highest BCUT2D eigenvalue weighted by atomic mass is 16.6. The zero-order valence-electron chi connectivity index (χ0n) is 17.1. The van der Waals surface area contributed by atoms with Crippen LogP contribution in [0.5, 0.6) is 0 Å². The third-order valence-corrected chi connectivity index (χ3v) is 5.56. The second-order valence-corrected chi connectivity index (χ2v) is 7.64. The molecule has 11 heteroatoms. The van der Waals surface area contributed by atoms with Crippen molar-refractivity contribution in [3.05, 3.63) is 24.2 Å². The lowest BCUT2D eigenvalue weighted by molar-refractivity contribution is -0.149. The molecular weight excluding hydrogens is 406 g/mol. The van der Waals surface area contributed by atoms with E-state index in [2.05, 4.69) is 16.2 Å². The largest absolute Gasteiger partial charge is 0.481 e. The summed E-state index contributed by atoms with van der Waals surface area (Å²) < 4.78 is 12.9. The first-order valence-corrected chi connectivity index (χ1v) is 9.99. The molecule has 0 amide bonds. The van der Waals surface area contributed by atoms with E-state index >= 15 is 0 Å². The van der Waals surface area contributed by atoms with Crippen LogP contribution in [-0.2, 0) is 24.7 Å². The normalized spacial score (nSPS) is 24.0. The number of fused-ring (bicyclic) bond motifs is 1. The fourth-order valence-electron chi connectivity index (χ4n) is 4.04. The molecule has 3 rings (SSSR count). The number of hydrogen-bond acceptors (Lipinski definition) is 9. The third kappa shape index (κ3) is 4.60. The van der Waals surface area contributed by atoms with Crippen molar-refractivity contribution in [2.24, 2.45) is 11.8 Å². The minimum Gasteiger partial charge on any atom is -0.481 e. The summed E-state index contributed by atoms with van der Waals surface area (Å²) in [7, 11) is 0. The number of aromatic nitrogens is 3. The highest BCUT2D eigenvalue weighted by Crippen LogP contribution is 2.45. The number of nitrogens with two attached hydrogens (primary N) is 1. The van der Waals surface area contributed by atoms with Crippen LogP contribution in [0.4, 0.5) is 5.82 Å². The van der Waals surface area contributed by atoms with Crippen molar-refractivity contribution in [2.45, 2.75) is 44.3 Å². The molecule has 0 radical (unpaired) electrons. The van der Waals surface area contributed by atoms with E-state index in [0.29, 0.717) is 17.6 Å². The number of anilines is 1. The Morgan fingerprint density at radius 1 is 1.52 bits per heavy atom. The number of hydrogen-bond donors (Lipinski definition) is 3. The molecule has 1 fully saturated rings. The molecule has 2 aromatic heterocycles. The van der Waals surface area contributed by atoms with E-state index < -0.39 is 29.6 Å². The van der Waals surface area contributed by atoms with Crippen LogP contribution in [0.2, 0.25) is 0 Å². The van der Waals surface area contributed by atoms with Crippen LogP contribution >= 0.6 is 0 Å². The number of carboxylic acids is 1. The molecule has 4 atom stereocenters. The highest BCUT2D eigenvalue weighted by molar-refractivity contribution is 5.69. The second kappa shape index (κ2) is 9.28. The summed E-state index contributed by atoms with van der Waals surface area (Å²) in [6.07, 6.45) is 1.11. The van der Waals surface area contributed by atoms with Crippen molar-refractivity contribution in [3.8, 4) is 6.07 Å². The van der Waals surface area contributed by atoms with Crippen molar-refractivity contribution in [2.75, 3.05) is 18.9 Å². The van der Waals surface area contributed by atoms with Crippen LogP contribution in [0.3, 0.4) is 0 Å². The van der Waals surface area contributed by atoms with Gasteiger partial charge in [-0.05, 0) is 30.4 Å². The SMILES string of the molecule is CCC(=O)OCC1O[C@@](C#N)(c2ccc3c(N)ncnn23)CC1C[C@H](CO)CC(=O)O. The molecule has 3 heterocycles. The molecule has 31 heavy (non-hydrogen) atoms. The molecule has 1 aliphatic heterocycles. The number of rotatable bonds is 9. The summed E-state index contributed by atoms with van der Waals surface area (Å²) >= 11 is 0. The molecule has 1 saturated heterocycles. The Hall–Kier alpha value is -3.23. The molecule has 0 aliphatic carbocycles. The second-order valence-electron chi connectivity index (χ2n) is 7.64. The number of carbonyl (C=O) groups is 2. The van der Waals surface area contributed by atoms with Crippen molar-refractivity contribution in [3.63, 3.8) is 0 Å². The summed E-state index contributed by atoms with van der Waals surface area (Å²) in [6, 6.07) is 5.59. The van der Waals surface area contributed by atoms with E-state index in [-0.39, 0.29) is 44.2 Å². The maximum absolute atomic E-state index is 11.7. The van der Waals surface area contributed by atoms with Crippen LogP contribution in [0.25, 0.3) is 5.52 Å². The molecule has 0 spiro atoms. The van der Waals surface area contributed by atoms with Gasteiger partial charge in [-0.25, -0.2) is 9.50 Å².